The summed E-state index contributed by atoms with van der Waals surface area (Å²) in [7, 11) is 2.92. The zero-order valence-corrected chi connectivity index (χ0v) is 8.05. The SMILES string of the molecule is COC(=N)CCOCCC(=N)OC. The van der Waals surface area contributed by atoms with Crippen molar-refractivity contribution in [3.8, 4) is 0 Å². The molecule has 0 heterocycles. The summed E-state index contributed by atoms with van der Waals surface area (Å²) in [4.78, 5) is 0. The minimum absolute atomic E-state index is 0.210. The fraction of sp³-hybridized carbons (Fsp3) is 0.750. The Morgan fingerprint density at radius 1 is 0.923 bits per heavy atom. The van der Waals surface area contributed by atoms with E-state index in [0.717, 1.165) is 0 Å². The largest absolute Gasteiger partial charge is 0.484 e. The first kappa shape index (κ1) is 11.9. The number of nitrogens with one attached hydrogen (secondary N) is 2. The van der Waals surface area contributed by atoms with Crippen molar-refractivity contribution in [2.45, 2.75) is 12.8 Å². The van der Waals surface area contributed by atoms with Crippen molar-refractivity contribution in [1.82, 2.24) is 0 Å². The summed E-state index contributed by atoms with van der Waals surface area (Å²) in [5.41, 5.74) is 0. The van der Waals surface area contributed by atoms with Crippen LogP contribution in [0.1, 0.15) is 12.8 Å². The van der Waals surface area contributed by atoms with Crippen molar-refractivity contribution >= 4 is 11.8 Å². The number of hydrogen-bond acceptors (Lipinski definition) is 5. The summed E-state index contributed by atoms with van der Waals surface area (Å²) >= 11 is 0. The fourth-order valence-electron chi connectivity index (χ4n) is 0.636. The Morgan fingerprint density at radius 3 is 1.62 bits per heavy atom. The van der Waals surface area contributed by atoms with Gasteiger partial charge in [0, 0.05) is 12.8 Å². The Labute approximate surface area is 78.0 Å². The van der Waals surface area contributed by atoms with Gasteiger partial charge < -0.3 is 14.2 Å². The van der Waals surface area contributed by atoms with E-state index in [1.807, 2.05) is 0 Å². The normalized spacial score (nSPS) is 9.38. The lowest BCUT2D eigenvalue weighted by Gasteiger charge is -2.04. The second-order valence-electron chi connectivity index (χ2n) is 2.37. The third kappa shape index (κ3) is 7.27. The zero-order valence-electron chi connectivity index (χ0n) is 8.05. The summed E-state index contributed by atoms with van der Waals surface area (Å²) < 4.78 is 14.4. The van der Waals surface area contributed by atoms with Gasteiger partial charge in [-0.2, -0.15) is 0 Å². The molecule has 0 fully saturated rings. The number of methoxy groups -OCH3 is 2. The Kier molecular flexibility index (Phi) is 6.91. The van der Waals surface area contributed by atoms with Crippen LogP contribution in [-0.4, -0.2) is 39.2 Å². The van der Waals surface area contributed by atoms with Crippen molar-refractivity contribution in [2.24, 2.45) is 0 Å². The quantitative estimate of drug-likeness (QED) is 0.371. The first-order valence-electron chi connectivity index (χ1n) is 4.01. The maximum Gasteiger partial charge on any atom is 0.182 e. The van der Waals surface area contributed by atoms with Gasteiger partial charge in [-0.15, -0.1) is 0 Å². The van der Waals surface area contributed by atoms with Crippen molar-refractivity contribution < 1.29 is 14.2 Å². The molecule has 5 heteroatoms. The van der Waals surface area contributed by atoms with Crippen LogP contribution in [0.4, 0.5) is 0 Å². The highest BCUT2D eigenvalue weighted by Gasteiger charge is 1.97. The van der Waals surface area contributed by atoms with Crippen LogP contribution in [0.3, 0.4) is 0 Å². The van der Waals surface area contributed by atoms with Crippen LogP contribution in [0.5, 0.6) is 0 Å². The van der Waals surface area contributed by atoms with Crippen LogP contribution in [0.15, 0.2) is 0 Å². The molecule has 0 aromatic heterocycles. The van der Waals surface area contributed by atoms with E-state index < -0.39 is 0 Å². The minimum atomic E-state index is 0.210. The van der Waals surface area contributed by atoms with E-state index in [1.54, 1.807) is 0 Å². The predicted octanol–water partition coefficient (Wildman–Crippen LogP) is 1.03. The second kappa shape index (κ2) is 7.54. The van der Waals surface area contributed by atoms with E-state index in [1.165, 1.54) is 14.2 Å². The average Bonchev–Trinajstić information content (AvgIpc) is 2.16. The van der Waals surface area contributed by atoms with Gasteiger partial charge in [0.15, 0.2) is 11.8 Å². The summed E-state index contributed by atoms with van der Waals surface area (Å²) in [5.74, 6) is 0.420. The second-order valence-corrected chi connectivity index (χ2v) is 2.37. The fourth-order valence-corrected chi connectivity index (χ4v) is 0.636. The minimum Gasteiger partial charge on any atom is -0.484 e. The van der Waals surface area contributed by atoms with Crippen molar-refractivity contribution in [3.05, 3.63) is 0 Å². The molecule has 0 rings (SSSR count). The van der Waals surface area contributed by atoms with E-state index in [9.17, 15) is 0 Å². The first-order valence-corrected chi connectivity index (χ1v) is 4.01. The molecule has 5 nitrogen and oxygen atoms in total. The molecule has 0 spiro atoms. The van der Waals surface area contributed by atoms with E-state index in [2.05, 4.69) is 9.47 Å². The molecule has 13 heavy (non-hydrogen) atoms. The number of ether oxygens (including phenoxy) is 3. The maximum absolute atomic E-state index is 7.12. The molecule has 0 aliphatic carbocycles. The maximum atomic E-state index is 7.12. The third-order valence-electron chi connectivity index (χ3n) is 1.44. The van der Waals surface area contributed by atoms with E-state index in [0.29, 0.717) is 26.1 Å². The molecular formula is C8H16N2O3. The Hall–Kier alpha value is -1.10. The highest BCUT2D eigenvalue weighted by Crippen LogP contribution is 1.90. The van der Waals surface area contributed by atoms with Crippen LogP contribution >= 0.6 is 0 Å². The third-order valence-corrected chi connectivity index (χ3v) is 1.44. The lowest BCUT2D eigenvalue weighted by atomic mass is 10.4. The van der Waals surface area contributed by atoms with Gasteiger partial charge in [0.1, 0.15) is 0 Å². The van der Waals surface area contributed by atoms with Gasteiger partial charge in [-0.05, 0) is 0 Å². The predicted molar refractivity (Wildman–Crippen MR) is 49.5 cm³/mol. The highest BCUT2D eigenvalue weighted by atomic mass is 16.5. The molecule has 0 aromatic rings. The molecule has 0 bridgehead atoms. The lowest BCUT2D eigenvalue weighted by molar-refractivity contribution is 0.140. The molecule has 0 aliphatic heterocycles. The summed E-state index contributed by atoms with van der Waals surface area (Å²) in [6, 6.07) is 0. The number of rotatable bonds is 6. The van der Waals surface area contributed by atoms with Crippen LogP contribution in [0.25, 0.3) is 0 Å². The highest BCUT2D eigenvalue weighted by molar-refractivity contribution is 5.72. The van der Waals surface area contributed by atoms with Gasteiger partial charge in [0.25, 0.3) is 0 Å². The Morgan fingerprint density at radius 2 is 1.31 bits per heavy atom. The van der Waals surface area contributed by atoms with Crippen molar-refractivity contribution in [3.63, 3.8) is 0 Å². The molecule has 76 valence electrons. The van der Waals surface area contributed by atoms with Gasteiger partial charge >= 0.3 is 0 Å². The van der Waals surface area contributed by atoms with Crippen molar-refractivity contribution in [2.75, 3.05) is 27.4 Å². The average molecular weight is 188 g/mol. The first-order chi connectivity index (χ1) is 6.20. The molecule has 0 atom stereocenters. The summed E-state index contributed by atoms with van der Waals surface area (Å²) in [6.07, 6.45) is 0.938. The summed E-state index contributed by atoms with van der Waals surface area (Å²) in [6.45, 7) is 0.896. The molecule has 0 unspecified atom stereocenters. The molecular weight excluding hydrogens is 172 g/mol. The van der Waals surface area contributed by atoms with Crippen LogP contribution in [-0.2, 0) is 14.2 Å². The molecule has 0 saturated carbocycles. The van der Waals surface area contributed by atoms with Gasteiger partial charge in [-0.1, -0.05) is 0 Å². The standard InChI is InChI=1S/C8H16N2O3/c1-11-7(9)3-5-13-6-4-8(10)12-2/h9-10H,3-6H2,1-2H3. The number of hydrogen-bond donors (Lipinski definition) is 2. The molecule has 0 aromatic carbocycles. The van der Waals surface area contributed by atoms with Gasteiger partial charge in [0.2, 0.25) is 0 Å². The molecule has 2 N–H and O–H groups in total. The lowest BCUT2D eigenvalue weighted by Crippen LogP contribution is -2.08. The van der Waals surface area contributed by atoms with E-state index in [4.69, 9.17) is 15.6 Å². The molecule has 0 radical (unpaired) electrons. The van der Waals surface area contributed by atoms with Gasteiger partial charge in [-0.3, -0.25) is 10.8 Å². The molecule has 0 amide bonds. The smallest absolute Gasteiger partial charge is 0.182 e. The van der Waals surface area contributed by atoms with Crippen LogP contribution in [0.2, 0.25) is 0 Å². The van der Waals surface area contributed by atoms with Crippen LogP contribution < -0.4 is 0 Å². The van der Waals surface area contributed by atoms with E-state index in [-0.39, 0.29) is 11.8 Å². The summed E-state index contributed by atoms with van der Waals surface area (Å²) in [5, 5.41) is 14.2. The van der Waals surface area contributed by atoms with Crippen molar-refractivity contribution in [1.29, 1.82) is 10.8 Å². The monoisotopic (exact) mass is 188 g/mol. The van der Waals surface area contributed by atoms with Gasteiger partial charge in [-0.25, -0.2) is 0 Å². The Bertz CT molecular complexity index is 153. The zero-order chi connectivity index (χ0) is 10.1. The molecule has 0 aliphatic rings. The topological polar surface area (TPSA) is 75.4 Å². The van der Waals surface area contributed by atoms with Gasteiger partial charge in [0.05, 0.1) is 27.4 Å². The van der Waals surface area contributed by atoms with Crippen LogP contribution in [0, 0.1) is 10.8 Å². The van der Waals surface area contributed by atoms with E-state index >= 15 is 0 Å². The molecule has 0 saturated heterocycles. The Balaban J connectivity index is 3.17.